The fraction of sp³-hybridized carbons (Fsp3) is 0.697. The second kappa shape index (κ2) is 43.2. The predicted octanol–water partition coefficient (Wildman–Crippen LogP) is 8.13. The fourth-order valence-corrected chi connectivity index (χ4v) is 15.7. The number of amides is 12. The van der Waals surface area contributed by atoms with E-state index in [1.807, 2.05) is 32.0 Å². The van der Waals surface area contributed by atoms with Crippen molar-refractivity contribution >= 4 is 82.7 Å². The first-order chi connectivity index (χ1) is 48.9. The number of likely N-dealkylation sites (N-methyl/N-ethyl adjacent to an activating group) is 2. The lowest BCUT2D eigenvalue weighted by atomic mass is 9.89. The van der Waals surface area contributed by atoms with Crippen molar-refractivity contribution in [3.63, 3.8) is 0 Å². The number of aliphatic hydroxyl groups excluding tert-OH is 1. The molecule has 1 aliphatic carbocycles. The lowest BCUT2D eigenvalue weighted by molar-refractivity contribution is -0.148. The molecule has 2 saturated heterocycles. The van der Waals surface area contributed by atoms with Crippen molar-refractivity contribution in [2.75, 3.05) is 53.3 Å². The highest BCUT2D eigenvalue weighted by atomic mass is 32.2. The number of nitrogens with one attached hydrogen (secondary N) is 6. The van der Waals surface area contributed by atoms with Crippen LogP contribution in [-0.4, -0.2) is 203 Å². The molecule has 576 valence electrons. The van der Waals surface area contributed by atoms with Gasteiger partial charge >= 0.3 is 12.1 Å². The highest BCUT2D eigenvalue weighted by Crippen LogP contribution is 2.36. The maximum absolute atomic E-state index is 14.9. The molecule has 12 amide bonds. The van der Waals surface area contributed by atoms with Crippen LogP contribution in [0.3, 0.4) is 0 Å². The van der Waals surface area contributed by atoms with Crippen molar-refractivity contribution in [1.29, 1.82) is 0 Å². The quantitative estimate of drug-likeness (QED) is 0.0230. The summed E-state index contributed by atoms with van der Waals surface area (Å²) in [6.45, 7) is 18.7. The number of aliphatic hydroxyl groups is 1. The van der Waals surface area contributed by atoms with Crippen LogP contribution in [0.15, 0.2) is 54.6 Å². The number of unbranched alkanes of at least 4 members (excludes halogenated alkanes) is 2. The Bertz CT molecular complexity index is 3080. The zero-order valence-corrected chi connectivity index (χ0v) is 64.3. The Kier molecular flexibility index (Phi) is 36.2. The fourth-order valence-electron chi connectivity index (χ4n) is 14.2. The number of primary amides is 1. The number of benzene rings is 2. The average Bonchev–Trinajstić information content (AvgIpc) is 1.72. The summed E-state index contributed by atoms with van der Waals surface area (Å²) in [4.78, 5) is 156. The predicted molar refractivity (Wildman–Crippen MR) is 396 cm³/mol. The third-order valence-corrected chi connectivity index (χ3v) is 22.0. The van der Waals surface area contributed by atoms with Crippen molar-refractivity contribution in [1.82, 2.24) is 46.2 Å². The smallest absolute Gasteiger partial charge is 0.410 e. The monoisotopic (exact) mass is 1460 g/mol. The number of imide groups is 1. The van der Waals surface area contributed by atoms with E-state index >= 15 is 0 Å². The summed E-state index contributed by atoms with van der Waals surface area (Å²) in [6.07, 6.45) is 8.99. The molecule has 3 fully saturated rings. The van der Waals surface area contributed by atoms with Gasteiger partial charge in [0.2, 0.25) is 53.2 Å². The van der Waals surface area contributed by atoms with Gasteiger partial charge in [0.25, 0.3) is 0 Å². The zero-order valence-electron chi connectivity index (χ0n) is 63.5. The van der Waals surface area contributed by atoms with Gasteiger partial charge in [-0.25, -0.2) is 9.59 Å². The second-order valence-corrected chi connectivity index (χ2v) is 30.8. The number of nitrogens with two attached hydrogens (primary N) is 1. The summed E-state index contributed by atoms with van der Waals surface area (Å²) in [5.74, 6) is -5.48. The normalized spacial score (nSPS) is 19.1. The van der Waals surface area contributed by atoms with Crippen LogP contribution in [0.1, 0.15) is 202 Å². The number of thioether (sulfide) groups is 1. The Morgan fingerprint density at radius 3 is 1.95 bits per heavy atom. The van der Waals surface area contributed by atoms with E-state index < -0.39 is 114 Å². The Morgan fingerprint density at radius 2 is 1.35 bits per heavy atom. The van der Waals surface area contributed by atoms with Crippen molar-refractivity contribution in [2.45, 2.75) is 263 Å². The van der Waals surface area contributed by atoms with E-state index in [0.29, 0.717) is 73.7 Å². The molecule has 0 radical (unpaired) electrons. The molecule has 3 aliphatic rings. The maximum Gasteiger partial charge on any atom is 0.410 e. The first kappa shape index (κ1) is 86.3. The third kappa shape index (κ3) is 26.0. The molecule has 0 spiro atoms. The van der Waals surface area contributed by atoms with Crippen molar-refractivity contribution in [3.05, 3.63) is 65.7 Å². The van der Waals surface area contributed by atoms with E-state index in [1.54, 1.807) is 120 Å². The molecule has 10 unspecified atom stereocenters. The molecule has 5 rings (SSSR count). The summed E-state index contributed by atoms with van der Waals surface area (Å²) < 4.78 is 17.8. The number of anilines is 1. The molecule has 2 heterocycles. The van der Waals surface area contributed by atoms with Gasteiger partial charge in [-0.1, -0.05) is 150 Å². The summed E-state index contributed by atoms with van der Waals surface area (Å²) in [5, 5.41) is 27.9. The first-order valence-electron chi connectivity index (χ1n) is 37.3. The molecule has 13 atom stereocenters. The maximum atomic E-state index is 14.9. The van der Waals surface area contributed by atoms with Crippen LogP contribution < -0.4 is 37.6 Å². The standard InChI is InChI=1S/C76H121N11O15S/c1-15-49(8)66(58(100-13)43-61(89)86-42-28-34-57(86)68(101-14)50(9)69(92)79-51(10)67(91)53-29-21-19-22-30-53)84(11)74(97)64(47(4)5)83-72(95)65(48(6)7)85(12)76(99)102-45-52-36-38-54(39-37-52)80-70(93)56(33-27-40-78-75(77)98)81-71(94)63(46(2)3)82-60(88)35-25-20-26-41-87-62(90)44-59(73(87)96)103-55-31-23-17-16-18-24-32-55/h19,21-22,29-30,36-39,46-51,55-59,63-68,91H,15-18,20,23-28,31-35,40-45H2,1-14H3,(H,79,92)(H,80,93)(H,81,94)(H,82,88)(H,83,95)(H3,77,78,98)/t49-,50?,51?,56-,57?,58?,59?,63?,64?,65?,66-,67?,68?/m0/s1. The van der Waals surface area contributed by atoms with E-state index in [9.17, 15) is 57.8 Å². The molecular weight excluding hydrogens is 1340 g/mol. The van der Waals surface area contributed by atoms with E-state index in [-0.39, 0.29) is 91.9 Å². The van der Waals surface area contributed by atoms with E-state index in [1.165, 1.54) is 50.3 Å². The van der Waals surface area contributed by atoms with Crippen LogP contribution in [0.5, 0.6) is 0 Å². The van der Waals surface area contributed by atoms with Gasteiger partial charge in [-0.15, -0.1) is 11.8 Å². The van der Waals surface area contributed by atoms with Crippen LogP contribution in [0, 0.1) is 29.6 Å². The molecule has 27 heteroatoms. The highest BCUT2D eigenvalue weighted by molar-refractivity contribution is 8.01. The van der Waals surface area contributed by atoms with Gasteiger partial charge in [0.15, 0.2) is 0 Å². The van der Waals surface area contributed by atoms with E-state index in [0.717, 1.165) is 25.7 Å². The Hall–Kier alpha value is -7.36. The topological polar surface area (TPSA) is 347 Å². The van der Waals surface area contributed by atoms with Crippen LogP contribution >= 0.6 is 11.8 Å². The number of methoxy groups -OCH3 is 2. The lowest BCUT2D eigenvalue weighted by Crippen LogP contribution is -2.60. The largest absolute Gasteiger partial charge is 0.445 e. The molecule has 26 nitrogen and oxygen atoms in total. The van der Waals surface area contributed by atoms with E-state index in [2.05, 4.69) is 31.9 Å². The van der Waals surface area contributed by atoms with Crippen LogP contribution in [0.25, 0.3) is 0 Å². The van der Waals surface area contributed by atoms with Gasteiger partial charge in [-0.3, -0.25) is 53.0 Å². The molecule has 0 bridgehead atoms. The molecule has 1 saturated carbocycles. The number of hydrogen-bond acceptors (Lipinski definition) is 16. The zero-order chi connectivity index (χ0) is 76.2. The first-order valence-corrected chi connectivity index (χ1v) is 38.3. The molecule has 9 N–H and O–H groups in total. The van der Waals surface area contributed by atoms with Crippen molar-refractivity contribution in [2.24, 2.45) is 35.3 Å². The summed E-state index contributed by atoms with van der Waals surface area (Å²) in [7, 11) is 6.10. The number of urea groups is 1. The van der Waals surface area contributed by atoms with Gasteiger partial charge in [0, 0.05) is 71.7 Å². The van der Waals surface area contributed by atoms with Gasteiger partial charge in [0.05, 0.1) is 54.0 Å². The Labute approximate surface area is 615 Å². The summed E-state index contributed by atoms with van der Waals surface area (Å²) >= 11 is 1.67. The summed E-state index contributed by atoms with van der Waals surface area (Å²) in [5.41, 5.74) is 6.83. The van der Waals surface area contributed by atoms with Gasteiger partial charge in [0.1, 0.15) is 30.8 Å². The summed E-state index contributed by atoms with van der Waals surface area (Å²) in [6, 6.07) is 8.81. The third-order valence-electron chi connectivity index (χ3n) is 20.4. The SMILES string of the molecule is CC[C@H](C)[C@@H](C(CC(=O)N1CCCC1C(OC)C(C)C(=O)NC(C)C(O)c1ccccc1)OC)N(C)C(=O)C(NC(=O)C(C(C)C)N(C)C(=O)OCc1ccc(NC(=O)[C@H](CCCNC(N)=O)NC(=O)C(NC(=O)CCCCCN2C(=O)CC(SC3CCCCCCC3)C2=O)C(C)C)cc1)C(C)C. The number of rotatable bonds is 40. The molecule has 0 aromatic heterocycles. The van der Waals surface area contributed by atoms with Crippen LogP contribution in [0.4, 0.5) is 15.3 Å². The second-order valence-electron chi connectivity index (χ2n) is 29.3. The minimum Gasteiger partial charge on any atom is -0.445 e. The number of carbonyl (C=O) groups excluding carboxylic acids is 11. The number of hydrogen-bond donors (Lipinski definition) is 8. The molecule has 103 heavy (non-hydrogen) atoms. The lowest BCUT2D eigenvalue weighted by Gasteiger charge is -2.41. The molecule has 2 aromatic carbocycles. The molecule has 2 aromatic rings. The average molecular weight is 1460 g/mol. The molecular formula is C76H121N11O15S. The number of ether oxygens (including phenoxy) is 3. The number of nitrogens with zero attached hydrogens (tertiary/aromatic N) is 4. The van der Waals surface area contributed by atoms with Crippen molar-refractivity contribution in [3.8, 4) is 0 Å². The van der Waals surface area contributed by atoms with Gasteiger partial charge in [-0.2, -0.15) is 0 Å². The molecule has 2 aliphatic heterocycles. The van der Waals surface area contributed by atoms with E-state index in [4.69, 9.17) is 19.9 Å². The van der Waals surface area contributed by atoms with Crippen LogP contribution in [0.2, 0.25) is 0 Å². The van der Waals surface area contributed by atoms with Crippen LogP contribution in [-0.2, 0) is 64.0 Å². The minimum atomic E-state index is -1.11. The Morgan fingerprint density at radius 1 is 0.699 bits per heavy atom. The number of likely N-dealkylation sites (tertiary alicyclic amines) is 2. The highest BCUT2D eigenvalue weighted by Gasteiger charge is 2.45. The van der Waals surface area contributed by atoms with Gasteiger partial charge in [-0.05, 0) is 105 Å². The van der Waals surface area contributed by atoms with Crippen molar-refractivity contribution < 1.29 is 72.1 Å². The Balaban J connectivity index is 1.14. The van der Waals surface area contributed by atoms with Gasteiger partial charge < -0.3 is 66.8 Å². The number of carbonyl (C=O) groups is 11. The minimum absolute atomic E-state index is 0.0885.